The van der Waals surface area contributed by atoms with E-state index in [0.29, 0.717) is 0 Å². The van der Waals surface area contributed by atoms with E-state index < -0.39 is 0 Å². The summed E-state index contributed by atoms with van der Waals surface area (Å²) in [7, 11) is 2.16. The second-order valence-corrected chi connectivity index (χ2v) is 10.7. The third-order valence-electron chi connectivity index (χ3n) is 8.64. The minimum Gasteiger partial charge on any atom is -0.344 e. The zero-order valence-electron chi connectivity index (χ0n) is 22.0. The number of hydrogen-bond acceptors (Lipinski definition) is 0. The van der Waals surface area contributed by atoms with Crippen molar-refractivity contribution in [2.24, 2.45) is 7.05 Å². The van der Waals surface area contributed by atoms with Gasteiger partial charge in [-0.05, 0) is 54.6 Å². The molecule has 9 aromatic rings. The van der Waals surface area contributed by atoms with Gasteiger partial charge in [-0.2, -0.15) is 0 Å². The number of nitrogens with zero attached hydrogens (tertiary/aromatic N) is 3. The van der Waals surface area contributed by atoms with Crippen molar-refractivity contribution in [2.75, 3.05) is 0 Å². The summed E-state index contributed by atoms with van der Waals surface area (Å²) >= 11 is 0. The van der Waals surface area contributed by atoms with E-state index in [1.54, 1.807) is 0 Å². The molecule has 3 heterocycles. The molecule has 0 amide bonds. The van der Waals surface area contributed by atoms with Crippen LogP contribution in [-0.2, 0) is 7.05 Å². The molecule has 0 atom stereocenters. The Kier molecular flexibility index (Phi) is 4.26. The first-order valence-corrected chi connectivity index (χ1v) is 13.8. The maximum Gasteiger partial charge on any atom is 0.0641 e. The van der Waals surface area contributed by atoms with Crippen molar-refractivity contribution in [1.29, 1.82) is 0 Å². The predicted molar refractivity (Wildman–Crippen MR) is 169 cm³/mol. The highest BCUT2D eigenvalue weighted by Crippen LogP contribution is 2.42. The summed E-state index contributed by atoms with van der Waals surface area (Å²) in [5, 5.41) is 7.67. The summed E-state index contributed by atoms with van der Waals surface area (Å²) in [4.78, 5) is 0. The second kappa shape index (κ2) is 7.87. The lowest BCUT2D eigenvalue weighted by atomic mass is 10.1. The van der Waals surface area contributed by atoms with Gasteiger partial charge in [0.1, 0.15) is 0 Å². The van der Waals surface area contributed by atoms with Gasteiger partial charge in [-0.15, -0.1) is 0 Å². The standard InChI is InChI=1S/C37H25N3/c1-38-31-16-8-5-14-27(31)30-23-25(19-21-32(30)38)39-34-18-10-7-15-29(34)36-35(39)22-20-28-26-13-6-9-17-33(26)40(37(28)36)24-11-3-2-4-12-24/h2-23H,1H3. The van der Waals surface area contributed by atoms with Gasteiger partial charge in [0.25, 0.3) is 0 Å². The van der Waals surface area contributed by atoms with Crippen molar-refractivity contribution in [2.45, 2.75) is 0 Å². The number of para-hydroxylation sites is 4. The normalized spacial score (nSPS) is 12.1. The fourth-order valence-electron chi connectivity index (χ4n) is 6.93. The summed E-state index contributed by atoms with van der Waals surface area (Å²) in [6, 6.07) is 48.6. The Bertz CT molecular complexity index is 2430. The molecule has 40 heavy (non-hydrogen) atoms. The zero-order valence-corrected chi connectivity index (χ0v) is 22.0. The van der Waals surface area contributed by atoms with Crippen LogP contribution < -0.4 is 0 Å². The average molecular weight is 512 g/mol. The monoisotopic (exact) mass is 511 g/mol. The van der Waals surface area contributed by atoms with Crippen LogP contribution in [0.2, 0.25) is 0 Å². The van der Waals surface area contributed by atoms with Crippen LogP contribution in [0, 0.1) is 0 Å². The molecule has 0 spiro atoms. The molecule has 0 radical (unpaired) electrons. The van der Waals surface area contributed by atoms with Crippen molar-refractivity contribution in [3.8, 4) is 11.4 Å². The summed E-state index contributed by atoms with van der Waals surface area (Å²) in [6.45, 7) is 0. The smallest absolute Gasteiger partial charge is 0.0641 e. The van der Waals surface area contributed by atoms with Crippen LogP contribution >= 0.6 is 0 Å². The number of aryl methyl sites for hydroxylation is 1. The summed E-state index contributed by atoms with van der Waals surface area (Å²) in [6.07, 6.45) is 0. The molecule has 0 fully saturated rings. The van der Waals surface area contributed by atoms with Crippen LogP contribution in [0.25, 0.3) is 76.8 Å². The minimum atomic E-state index is 1.18. The van der Waals surface area contributed by atoms with E-state index in [1.165, 1.54) is 76.8 Å². The number of benzene rings is 6. The van der Waals surface area contributed by atoms with Gasteiger partial charge in [-0.3, -0.25) is 0 Å². The maximum atomic E-state index is 2.44. The third-order valence-corrected chi connectivity index (χ3v) is 8.64. The Hall–Kier alpha value is -5.28. The van der Waals surface area contributed by atoms with Gasteiger partial charge < -0.3 is 13.7 Å². The Morgan fingerprint density at radius 2 is 0.950 bits per heavy atom. The number of rotatable bonds is 2. The lowest BCUT2D eigenvalue weighted by Crippen LogP contribution is -1.95. The van der Waals surface area contributed by atoms with Gasteiger partial charge in [0.05, 0.1) is 22.1 Å². The molecule has 3 aromatic heterocycles. The van der Waals surface area contributed by atoms with Crippen molar-refractivity contribution < 1.29 is 0 Å². The fourth-order valence-corrected chi connectivity index (χ4v) is 6.93. The molecule has 0 aliphatic heterocycles. The maximum absolute atomic E-state index is 2.44. The van der Waals surface area contributed by atoms with Crippen molar-refractivity contribution in [3.05, 3.63) is 133 Å². The minimum absolute atomic E-state index is 1.18. The molecule has 0 saturated heterocycles. The Morgan fingerprint density at radius 3 is 1.73 bits per heavy atom. The molecule has 6 aromatic carbocycles. The first-order valence-electron chi connectivity index (χ1n) is 13.8. The molecule has 0 unspecified atom stereocenters. The number of fused-ring (bicyclic) bond motifs is 10. The van der Waals surface area contributed by atoms with Gasteiger partial charge in [0, 0.05) is 61.8 Å². The molecule has 9 rings (SSSR count). The molecule has 3 nitrogen and oxygen atoms in total. The molecule has 0 aliphatic carbocycles. The first-order chi connectivity index (χ1) is 19.8. The molecular formula is C37H25N3. The summed E-state index contributed by atoms with van der Waals surface area (Å²) in [5.74, 6) is 0. The number of hydrogen-bond donors (Lipinski definition) is 0. The predicted octanol–water partition coefficient (Wildman–Crippen LogP) is 9.53. The molecule has 0 saturated carbocycles. The van der Waals surface area contributed by atoms with E-state index in [9.17, 15) is 0 Å². The summed E-state index contributed by atoms with van der Waals surface area (Å²) < 4.78 is 7.18. The third kappa shape index (κ3) is 2.73. The van der Waals surface area contributed by atoms with Crippen LogP contribution in [0.4, 0.5) is 0 Å². The van der Waals surface area contributed by atoms with Crippen molar-refractivity contribution in [3.63, 3.8) is 0 Å². The van der Waals surface area contributed by atoms with Gasteiger partial charge in [0.2, 0.25) is 0 Å². The SMILES string of the molecule is Cn1c2ccccc2c2cc(-n3c4ccccc4c4c3ccc3c5ccccc5n(-c5ccccc5)c34)ccc21. The highest BCUT2D eigenvalue weighted by atomic mass is 15.0. The van der Waals surface area contributed by atoms with Crippen LogP contribution in [0.3, 0.4) is 0 Å². The van der Waals surface area contributed by atoms with E-state index in [1.807, 2.05) is 0 Å². The molecule has 0 aliphatic rings. The quantitative estimate of drug-likeness (QED) is 0.219. The highest BCUT2D eigenvalue weighted by molar-refractivity contribution is 6.26. The Morgan fingerprint density at radius 1 is 0.375 bits per heavy atom. The Labute approximate surface area is 230 Å². The van der Waals surface area contributed by atoms with Gasteiger partial charge >= 0.3 is 0 Å². The van der Waals surface area contributed by atoms with E-state index in [4.69, 9.17) is 0 Å². The average Bonchev–Trinajstić information content (AvgIpc) is 3.63. The second-order valence-electron chi connectivity index (χ2n) is 10.7. The molecule has 0 N–H and O–H groups in total. The van der Waals surface area contributed by atoms with E-state index in [0.717, 1.165) is 0 Å². The molecule has 3 heteroatoms. The van der Waals surface area contributed by atoms with Crippen LogP contribution in [0.15, 0.2) is 133 Å². The number of aromatic nitrogens is 3. The van der Waals surface area contributed by atoms with E-state index >= 15 is 0 Å². The van der Waals surface area contributed by atoms with Crippen LogP contribution in [0.5, 0.6) is 0 Å². The lowest BCUT2D eigenvalue weighted by Gasteiger charge is -2.10. The molecular weight excluding hydrogens is 486 g/mol. The van der Waals surface area contributed by atoms with Gasteiger partial charge in [-0.1, -0.05) is 78.9 Å². The van der Waals surface area contributed by atoms with Crippen molar-refractivity contribution in [1.82, 2.24) is 13.7 Å². The van der Waals surface area contributed by atoms with E-state index in [-0.39, 0.29) is 0 Å². The Balaban J connectivity index is 1.47. The van der Waals surface area contributed by atoms with Gasteiger partial charge in [0.15, 0.2) is 0 Å². The van der Waals surface area contributed by atoms with E-state index in [2.05, 4.69) is 154 Å². The fraction of sp³-hybridized carbons (Fsp3) is 0.0270. The molecule has 188 valence electrons. The van der Waals surface area contributed by atoms with Gasteiger partial charge in [-0.25, -0.2) is 0 Å². The lowest BCUT2D eigenvalue weighted by molar-refractivity contribution is 1.01. The largest absolute Gasteiger partial charge is 0.344 e. The van der Waals surface area contributed by atoms with Crippen molar-refractivity contribution >= 4 is 65.4 Å². The highest BCUT2D eigenvalue weighted by Gasteiger charge is 2.21. The zero-order chi connectivity index (χ0) is 26.4. The topological polar surface area (TPSA) is 14.8 Å². The van der Waals surface area contributed by atoms with Crippen LogP contribution in [0.1, 0.15) is 0 Å². The summed E-state index contributed by atoms with van der Waals surface area (Å²) in [5.41, 5.74) is 9.77. The van der Waals surface area contributed by atoms with Crippen LogP contribution in [-0.4, -0.2) is 13.7 Å². The molecule has 0 bridgehead atoms. The first kappa shape index (κ1) is 21.6.